The van der Waals surface area contributed by atoms with E-state index in [9.17, 15) is 63.1 Å². The monoisotopic (exact) mass is 426 g/mol. The zero-order valence-electron chi connectivity index (χ0n) is 11.9. The number of carboxylic acid groups (broad SMARTS) is 2. The lowest BCUT2D eigenvalue weighted by atomic mass is 9.99. The molecule has 2 unspecified atom stereocenters. The molecule has 0 amide bonds. The molecule has 0 heterocycles. The smallest absolute Gasteiger partial charge is 0.408 e. The highest BCUT2D eigenvalue weighted by molar-refractivity contribution is 5.94. The number of rotatable bonds is 6. The Morgan fingerprint density at radius 1 is 0.593 bits per heavy atom. The van der Waals surface area contributed by atoms with Gasteiger partial charge in [-0.1, -0.05) is 0 Å². The Labute approximate surface area is 139 Å². The van der Waals surface area contributed by atoms with Gasteiger partial charge in [-0.15, -0.1) is 0 Å². The lowest BCUT2D eigenvalue weighted by molar-refractivity contribution is -0.257. The second kappa shape index (κ2) is 7.18. The first-order valence-corrected chi connectivity index (χ1v) is 5.79. The zero-order chi connectivity index (χ0) is 22.2. The molecular formula is C10H4F10O7. The van der Waals surface area contributed by atoms with E-state index in [4.69, 9.17) is 10.2 Å². The Bertz CT molecular complexity index is 581. The van der Waals surface area contributed by atoms with Crippen molar-refractivity contribution in [3.8, 4) is 0 Å². The molecule has 156 valence electrons. The van der Waals surface area contributed by atoms with Gasteiger partial charge in [0.2, 0.25) is 11.8 Å². The van der Waals surface area contributed by atoms with Crippen LogP contribution in [-0.4, -0.2) is 58.3 Å². The second-order valence-corrected chi connectivity index (χ2v) is 4.55. The van der Waals surface area contributed by atoms with Gasteiger partial charge in [-0.25, -0.2) is 9.59 Å². The third kappa shape index (κ3) is 5.19. The SMILES string of the molecule is O=C(OC(=O)C(C(F)(F)F)C(F)(F)C(=O)O)C(C(F)(F)F)C(F)(F)C(=O)O. The summed E-state index contributed by atoms with van der Waals surface area (Å²) in [7, 11) is 0. The number of hydrogen-bond donors (Lipinski definition) is 2. The molecule has 0 aliphatic rings. The van der Waals surface area contributed by atoms with E-state index >= 15 is 0 Å². The molecule has 0 saturated carbocycles. The molecule has 2 atom stereocenters. The van der Waals surface area contributed by atoms with E-state index in [0.29, 0.717) is 0 Å². The number of halogens is 10. The van der Waals surface area contributed by atoms with Gasteiger partial charge >= 0.3 is 48.1 Å². The molecule has 0 aliphatic heterocycles. The molecular weight excluding hydrogens is 422 g/mol. The van der Waals surface area contributed by atoms with Crippen molar-refractivity contribution >= 4 is 23.9 Å². The number of hydrogen-bond acceptors (Lipinski definition) is 5. The number of carboxylic acids is 2. The van der Waals surface area contributed by atoms with Gasteiger partial charge < -0.3 is 14.9 Å². The molecule has 0 rings (SSSR count). The summed E-state index contributed by atoms with van der Waals surface area (Å²) in [5.41, 5.74) is 0. The topological polar surface area (TPSA) is 118 Å². The van der Waals surface area contributed by atoms with Crippen LogP contribution in [0.4, 0.5) is 43.9 Å². The second-order valence-electron chi connectivity index (χ2n) is 4.55. The summed E-state index contributed by atoms with van der Waals surface area (Å²) in [6, 6.07) is 0. The fourth-order valence-electron chi connectivity index (χ4n) is 1.44. The van der Waals surface area contributed by atoms with E-state index < -0.39 is 59.9 Å². The molecule has 7 nitrogen and oxygen atoms in total. The van der Waals surface area contributed by atoms with E-state index in [1.54, 1.807) is 0 Å². The maximum atomic E-state index is 13.0. The van der Waals surface area contributed by atoms with Crippen LogP contribution >= 0.6 is 0 Å². The van der Waals surface area contributed by atoms with Crippen molar-refractivity contribution < 1.29 is 78.0 Å². The molecule has 0 radical (unpaired) electrons. The minimum Gasteiger partial charge on any atom is -0.477 e. The van der Waals surface area contributed by atoms with Gasteiger partial charge in [-0.3, -0.25) is 9.59 Å². The Kier molecular flexibility index (Phi) is 6.48. The number of aliphatic carboxylic acids is 2. The molecule has 0 aliphatic carbocycles. The number of esters is 2. The highest BCUT2D eigenvalue weighted by Gasteiger charge is 2.69. The van der Waals surface area contributed by atoms with Gasteiger partial charge in [0, 0.05) is 0 Å². The normalized spacial score (nSPS) is 15.6. The van der Waals surface area contributed by atoms with Crippen LogP contribution in [0.15, 0.2) is 0 Å². The minimum absolute atomic E-state index is 2.70. The third-order valence-electron chi connectivity index (χ3n) is 2.62. The van der Waals surface area contributed by atoms with E-state index in [1.165, 1.54) is 0 Å². The molecule has 0 aromatic heterocycles. The fourth-order valence-corrected chi connectivity index (χ4v) is 1.44. The lowest BCUT2D eigenvalue weighted by Crippen LogP contribution is -2.53. The largest absolute Gasteiger partial charge is 0.477 e. The number of carbonyl (C=O) groups is 4. The molecule has 17 heteroatoms. The standard InChI is InChI=1S/C10H4F10O7/c11-7(12,5(23)24)1(9(15,16)17)3(21)27-4(22)2(10(18,19)20)8(13,14)6(25)26/h1-2H,(H,23,24)(H,25,26). The zero-order valence-corrected chi connectivity index (χ0v) is 11.9. The molecule has 2 N–H and O–H groups in total. The van der Waals surface area contributed by atoms with Crippen molar-refractivity contribution in [1.82, 2.24) is 0 Å². The summed E-state index contributed by atoms with van der Waals surface area (Å²) in [6.45, 7) is 0. The number of alkyl halides is 10. The van der Waals surface area contributed by atoms with E-state index in [2.05, 4.69) is 4.74 Å². The quantitative estimate of drug-likeness (QED) is 0.378. The Morgan fingerprint density at radius 3 is 0.963 bits per heavy atom. The molecule has 0 bridgehead atoms. The highest BCUT2D eigenvalue weighted by Crippen LogP contribution is 2.42. The maximum absolute atomic E-state index is 13.0. The van der Waals surface area contributed by atoms with Crippen molar-refractivity contribution in [1.29, 1.82) is 0 Å². The van der Waals surface area contributed by atoms with Crippen molar-refractivity contribution in [3.05, 3.63) is 0 Å². The first kappa shape index (κ1) is 24.4. The third-order valence-corrected chi connectivity index (χ3v) is 2.62. The van der Waals surface area contributed by atoms with Crippen LogP contribution in [0, 0.1) is 11.8 Å². The van der Waals surface area contributed by atoms with Crippen molar-refractivity contribution in [2.75, 3.05) is 0 Å². The predicted molar refractivity (Wildman–Crippen MR) is 55.4 cm³/mol. The fraction of sp³-hybridized carbons (Fsp3) is 0.600. The van der Waals surface area contributed by atoms with Gasteiger partial charge in [-0.2, -0.15) is 43.9 Å². The highest BCUT2D eigenvalue weighted by atomic mass is 19.4. The van der Waals surface area contributed by atoms with Gasteiger partial charge in [0.1, 0.15) is 0 Å². The average Bonchev–Trinajstić information content (AvgIpc) is 2.32. The van der Waals surface area contributed by atoms with Crippen LogP contribution in [-0.2, 0) is 23.9 Å². The molecule has 0 aromatic carbocycles. The van der Waals surface area contributed by atoms with E-state index in [0.717, 1.165) is 0 Å². The molecule has 0 spiro atoms. The molecule has 0 aromatic rings. The maximum Gasteiger partial charge on any atom is 0.408 e. The Balaban J connectivity index is 6.02. The summed E-state index contributed by atoms with van der Waals surface area (Å²) in [5.74, 6) is -36.8. The first-order chi connectivity index (χ1) is 11.7. The van der Waals surface area contributed by atoms with Crippen LogP contribution in [0.25, 0.3) is 0 Å². The number of ether oxygens (including phenoxy) is 1. The Hall–Kier alpha value is -2.62. The summed E-state index contributed by atoms with van der Waals surface area (Å²) < 4.78 is 129. The molecule has 0 fully saturated rings. The van der Waals surface area contributed by atoms with Gasteiger partial charge in [0.25, 0.3) is 0 Å². The van der Waals surface area contributed by atoms with Crippen molar-refractivity contribution in [3.63, 3.8) is 0 Å². The predicted octanol–water partition coefficient (Wildman–Crippen LogP) is 1.85. The van der Waals surface area contributed by atoms with Gasteiger partial charge in [0.05, 0.1) is 0 Å². The van der Waals surface area contributed by atoms with Crippen molar-refractivity contribution in [2.45, 2.75) is 24.2 Å². The summed E-state index contributed by atoms with van der Waals surface area (Å²) >= 11 is 0. The van der Waals surface area contributed by atoms with Crippen LogP contribution in [0.2, 0.25) is 0 Å². The van der Waals surface area contributed by atoms with Gasteiger partial charge in [-0.05, 0) is 0 Å². The van der Waals surface area contributed by atoms with Crippen LogP contribution in [0.1, 0.15) is 0 Å². The van der Waals surface area contributed by atoms with Crippen LogP contribution in [0.5, 0.6) is 0 Å². The molecule has 27 heavy (non-hydrogen) atoms. The number of carbonyl (C=O) groups excluding carboxylic acids is 2. The first-order valence-electron chi connectivity index (χ1n) is 5.79. The van der Waals surface area contributed by atoms with Crippen LogP contribution < -0.4 is 0 Å². The average molecular weight is 426 g/mol. The summed E-state index contributed by atoms with van der Waals surface area (Å²) in [5, 5.41) is 16.0. The van der Waals surface area contributed by atoms with Crippen LogP contribution in [0.3, 0.4) is 0 Å². The lowest BCUT2D eigenvalue weighted by Gasteiger charge is -2.26. The Morgan fingerprint density at radius 2 is 0.815 bits per heavy atom. The van der Waals surface area contributed by atoms with Crippen molar-refractivity contribution in [2.24, 2.45) is 11.8 Å². The van der Waals surface area contributed by atoms with E-state index in [1.807, 2.05) is 0 Å². The van der Waals surface area contributed by atoms with E-state index in [-0.39, 0.29) is 0 Å². The van der Waals surface area contributed by atoms with Gasteiger partial charge in [0.15, 0.2) is 0 Å². The summed E-state index contributed by atoms with van der Waals surface area (Å²) in [4.78, 5) is 42.3. The summed E-state index contributed by atoms with van der Waals surface area (Å²) in [6.07, 6.45) is -13.0. The molecule has 0 saturated heterocycles. The minimum atomic E-state index is -6.51.